The second-order valence-electron chi connectivity index (χ2n) is 4.51. The van der Waals surface area contributed by atoms with E-state index < -0.39 is 0 Å². The van der Waals surface area contributed by atoms with Crippen LogP contribution in [-0.4, -0.2) is 26.4 Å². The second-order valence-corrected chi connectivity index (χ2v) is 4.51. The molecule has 0 amide bonds. The number of hydrogen-bond acceptors (Lipinski definition) is 7. The first kappa shape index (κ1) is 15.2. The predicted molar refractivity (Wildman–Crippen MR) is 77.9 cm³/mol. The van der Waals surface area contributed by atoms with Crippen molar-refractivity contribution in [3.8, 4) is 11.6 Å². The van der Waals surface area contributed by atoms with Crippen LogP contribution in [0.25, 0.3) is 0 Å². The van der Waals surface area contributed by atoms with E-state index in [9.17, 15) is 0 Å². The van der Waals surface area contributed by atoms with E-state index in [1.54, 1.807) is 10.7 Å². The molecule has 8 nitrogen and oxygen atoms in total. The number of aromatic nitrogens is 4. The Hall–Kier alpha value is -2.19. The Morgan fingerprint density at radius 2 is 2.10 bits per heavy atom. The van der Waals surface area contributed by atoms with Crippen molar-refractivity contribution in [2.45, 2.75) is 27.4 Å². The molecular formula is C13H20N6O2. The Labute approximate surface area is 123 Å². The summed E-state index contributed by atoms with van der Waals surface area (Å²) in [7, 11) is 1.86. The van der Waals surface area contributed by atoms with Gasteiger partial charge in [0.1, 0.15) is 18.1 Å². The number of hydrazine groups is 1. The molecule has 2 aromatic heterocycles. The molecule has 114 valence electrons. The molecule has 2 heterocycles. The molecule has 0 radical (unpaired) electrons. The Kier molecular flexibility index (Phi) is 4.71. The van der Waals surface area contributed by atoms with Crippen LogP contribution in [0.3, 0.4) is 0 Å². The van der Waals surface area contributed by atoms with Gasteiger partial charge >= 0.3 is 0 Å². The molecule has 0 aliphatic heterocycles. The fourth-order valence-electron chi connectivity index (χ4n) is 1.86. The Morgan fingerprint density at radius 3 is 2.67 bits per heavy atom. The molecule has 0 aliphatic rings. The van der Waals surface area contributed by atoms with Crippen molar-refractivity contribution in [2.24, 2.45) is 12.9 Å². The lowest BCUT2D eigenvalue weighted by atomic mass is 10.3. The largest absolute Gasteiger partial charge is 0.435 e. The van der Waals surface area contributed by atoms with Gasteiger partial charge in [-0.05, 0) is 20.8 Å². The first-order valence-electron chi connectivity index (χ1n) is 6.65. The number of nitrogens with zero attached hydrogens (tertiary/aromatic N) is 4. The van der Waals surface area contributed by atoms with Crippen molar-refractivity contribution in [1.29, 1.82) is 0 Å². The van der Waals surface area contributed by atoms with E-state index in [1.165, 1.54) is 0 Å². The number of aryl methyl sites for hydroxylation is 2. The van der Waals surface area contributed by atoms with Crippen molar-refractivity contribution >= 4 is 5.82 Å². The monoisotopic (exact) mass is 292 g/mol. The number of hydrogen-bond donors (Lipinski definition) is 2. The van der Waals surface area contributed by atoms with Gasteiger partial charge in [-0.25, -0.2) is 10.8 Å². The first-order chi connectivity index (χ1) is 10.0. The van der Waals surface area contributed by atoms with Crippen LogP contribution < -0.4 is 16.0 Å². The molecule has 2 aromatic rings. The summed E-state index contributed by atoms with van der Waals surface area (Å²) in [4.78, 5) is 8.52. The zero-order valence-corrected chi connectivity index (χ0v) is 12.7. The van der Waals surface area contributed by atoms with Crippen LogP contribution in [0.2, 0.25) is 0 Å². The molecule has 0 atom stereocenters. The highest BCUT2D eigenvalue weighted by Gasteiger charge is 2.14. The highest BCUT2D eigenvalue weighted by atomic mass is 16.5. The Balaban J connectivity index is 2.30. The van der Waals surface area contributed by atoms with Gasteiger partial charge in [0.15, 0.2) is 11.6 Å². The maximum Gasteiger partial charge on any atom is 0.224 e. The minimum atomic E-state index is 0.299. The van der Waals surface area contributed by atoms with E-state index >= 15 is 0 Å². The molecule has 0 aromatic carbocycles. The quantitative estimate of drug-likeness (QED) is 0.613. The number of nitrogens with one attached hydrogen (secondary N) is 1. The van der Waals surface area contributed by atoms with Crippen molar-refractivity contribution < 1.29 is 9.47 Å². The standard InChI is InChI=1S/C13H20N6O2/c1-5-20-7-11-15-10(17-14)6-12(16-11)21-13-8(2)18-19(4)9(13)3/h6H,5,7,14H2,1-4H3,(H,15,16,17). The molecule has 0 spiro atoms. The molecule has 21 heavy (non-hydrogen) atoms. The van der Waals surface area contributed by atoms with Crippen LogP contribution in [0.1, 0.15) is 24.1 Å². The van der Waals surface area contributed by atoms with Gasteiger partial charge in [-0.2, -0.15) is 10.1 Å². The van der Waals surface area contributed by atoms with Gasteiger partial charge in [0.25, 0.3) is 0 Å². The maximum atomic E-state index is 5.84. The average Bonchev–Trinajstić information content (AvgIpc) is 2.71. The molecule has 3 N–H and O–H groups in total. The highest BCUT2D eigenvalue weighted by molar-refractivity contribution is 5.41. The van der Waals surface area contributed by atoms with E-state index in [1.807, 2.05) is 27.8 Å². The minimum absolute atomic E-state index is 0.299. The van der Waals surface area contributed by atoms with Gasteiger partial charge in [0.05, 0.1) is 5.69 Å². The first-order valence-corrected chi connectivity index (χ1v) is 6.65. The molecule has 0 aliphatic carbocycles. The van der Waals surface area contributed by atoms with Crippen LogP contribution in [0, 0.1) is 13.8 Å². The van der Waals surface area contributed by atoms with Crippen molar-refractivity contribution in [3.63, 3.8) is 0 Å². The summed E-state index contributed by atoms with van der Waals surface area (Å²) >= 11 is 0. The summed E-state index contributed by atoms with van der Waals surface area (Å²) in [6, 6.07) is 1.63. The second kappa shape index (κ2) is 6.51. The number of ether oxygens (including phenoxy) is 2. The molecule has 2 rings (SSSR count). The Bertz CT molecular complexity index is 625. The summed E-state index contributed by atoms with van der Waals surface area (Å²) in [5, 5.41) is 4.30. The zero-order valence-electron chi connectivity index (χ0n) is 12.7. The van der Waals surface area contributed by atoms with E-state index in [0.717, 1.165) is 11.4 Å². The van der Waals surface area contributed by atoms with Crippen LogP contribution in [-0.2, 0) is 18.4 Å². The maximum absolute atomic E-state index is 5.84. The molecule has 0 unspecified atom stereocenters. The van der Waals surface area contributed by atoms with Crippen LogP contribution in [0.4, 0.5) is 5.82 Å². The zero-order chi connectivity index (χ0) is 15.4. The third-order valence-corrected chi connectivity index (χ3v) is 2.98. The van der Waals surface area contributed by atoms with Gasteiger partial charge in [-0.3, -0.25) is 4.68 Å². The van der Waals surface area contributed by atoms with Gasteiger partial charge in [-0.1, -0.05) is 0 Å². The Morgan fingerprint density at radius 1 is 1.33 bits per heavy atom. The van der Waals surface area contributed by atoms with E-state index in [-0.39, 0.29) is 0 Å². The highest BCUT2D eigenvalue weighted by Crippen LogP contribution is 2.27. The van der Waals surface area contributed by atoms with E-state index in [4.69, 9.17) is 15.3 Å². The molecule has 0 fully saturated rings. The van der Waals surface area contributed by atoms with E-state index in [0.29, 0.717) is 36.5 Å². The minimum Gasteiger partial charge on any atom is -0.435 e. The summed E-state index contributed by atoms with van der Waals surface area (Å²) in [6.07, 6.45) is 0. The van der Waals surface area contributed by atoms with Crippen LogP contribution in [0.5, 0.6) is 11.6 Å². The fraction of sp³-hybridized carbons (Fsp3) is 0.462. The normalized spacial score (nSPS) is 10.7. The van der Waals surface area contributed by atoms with Crippen LogP contribution >= 0.6 is 0 Å². The smallest absolute Gasteiger partial charge is 0.224 e. The number of nitrogen functional groups attached to an aromatic ring is 1. The number of nitrogens with two attached hydrogens (primary N) is 1. The molecule has 0 saturated carbocycles. The molecule has 0 saturated heterocycles. The summed E-state index contributed by atoms with van der Waals surface area (Å²) in [6.45, 7) is 6.60. The molecule has 0 bridgehead atoms. The van der Waals surface area contributed by atoms with Gasteiger partial charge < -0.3 is 14.9 Å². The van der Waals surface area contributed by atoms with Crippen molar-refractivity contribution in [3.05, 3.63) is 23.3 Å². The topological polar surface area (TPSA) is 100 Å². The summed E-state index contributed by atoms with van der Waals surface area (Å²) in [5.41, 5.74) is 4.21. The fourth-order valence-corrected chi connectivity index (χ4v) is 1.86. The average molecular weight is 292 g/mol. The third-order valence-electron chi connectivity index (χ3n) is 2.98. The van der Waals surface area contributed by atoms with Gasteiger partial charge in [-0.15, -0.1) is 0 Å². The summed E-state index contributed by atoms with van der Waals surface area (Å²) < 4.78 is 12.9. The third kappa shape index (κ3) is 3.47. The lowest BCUT2D eigenvalue weighted by Gasteiger charge is -2.09. The van der Waals surface area contributed by atoms with Crippen molar-refractivity contribution in [2.75, 3.05) is 12.0 Å². The molecule has 8 heteroatoms. The van der Waals surface area contributed by atoms with Crippen LogP contribution in [0.15, 0.2) is 6.07 Å². The van der Waals surface area contributed by atoms with E-state index in [2.05, 4.69) is 20.5 Å². The number of rotatable bonds is 6. The summed E-state index contributed by atoms with van der Waals surface area (Å²) in [5.74, 6) is 7.47. The lowest BCUT2D eigenvalue weighted by Crippen LogP contribution is -2.11. The molecular weight excluding hydrogens is 272 g/mol. The lowest BCUT2D eigenvalue weighted by molar-refractivity contribution is 0.128. The van der Waals surface area contributed by atoms with Crippen molar-refractivity contribution in [1.82, 2.24) is 19.7 Å². The SMILES string of the molecule is CCOCc1nc(NN)cc(Oc2c(C)nn(C)c2C)n1. The number of anilines is 1. The van der Waals surface area contributed by atoms with Gasteiger partial charge in [0, 0.05) is 19.7 Å². The van der Waals surface area contributed by atoms with Gasteiger partial charge in [0.2, 0.25) is 5.88 Å². The predicted octanol–water partition coefficient (Wildman–Crippen LogP) is 1.44.